The number of benzene rings is 1. The Labute approximate surface area is 208 Å². The third kappa shape index (κ3) is 5.21. The predicted octanol–water partition coefficient (Wildman–Crippen LogP) is 3.72. The molecule has 0 spiro atoms. The zero-order valence-electron chi connectivity index (χ0n) is 19.4. The monoisotopic (exact) mass is 483 g/mol. The normalized spacial score (nSPS) is 14.0. The fourth-order valence-corrected chi connectivity index (χ4v) is 4.58. The molecule has 0 unspecified atom stereocenters. The summed E-state index contributed by atoms with van der Waals surface area (Å²) in [7, 11) is 2.14. The lowest BCUT2D eigenvalue weighted by atomic mass is 10.1. The maximum Gasteiger partial charge on any atom is 0.189 e. The summed E-state index contributed by atoms with van der Waals surface area (Å²) < 4.78 is 1.99. The molecule has 1 aliphatic heterocycles. The van der Waals surface area contributed by atoms with Gasteiger partial charge in [-0.15, -0.1) is 0 Å². The van der Waals surface area contributed by atoms with Crippen molar-refractivity contribution in [2.24, 2.45) is 0 Å². The molecule has 0 amide bonds. The number of hydrogen-bond acceptors (Lipinski definition) is 9. The first-order valence-electron chi connectivity index (χ1n) is 11.3. The highest BCUT2D eigenvalue weighted by Crippen LogP contribution is 2.25. The number of thiazole rings is 1. The van der Waals surface area contributed by atoms with Crippen LogP contribution in [0.4, 0.5) is 16.8 Å². The molecular weight excluding hydrogens is 458 g/mol. The summed E-state index contributed by atoms with van der Waals surface area (Å²) in [5.41, 5.74) is 2.13. The molecule has 9 nitrogen and oxygen atoms in total. The molecule has 10 heteroatoms. The SMILES string of the molecule is C=Cc1nccn1-c1ccc(Cc2nc(Nc3ncc(C#N)s3)cc(N3CCN(C)CC3)n2)cc1. The van der Waals surface area contributed by atoms with Gasteiger partial charge in [-0.25, -0.2) is 19.9 Å². The van der Waals surface area contributed by atoms with Crippen LogP contribution in [0.5, 0.6) is 0 Å². The van der Waals surface area contributed by atoms with E-state index in [4.69, 9.17) is 15.2 Å². The number of anilines is 3. The van der Waals surface area contributed by atoms with Crippen molar-refractivity contribution in [3.8, 4) is 11.8 Å². The van der Waals surface area contributed by atoms with Crippen LogP contribution in [-0.2, 0) is 6.42 Å². The van der Waals surface area contributed by atoms with Crippen molar-refractivity contribution in [1.82, 2.24) is 29.4 Å². The van der Waals surface area contributed by atoms with Gasteiger partial charge in [0, 0.05) is 56.7 Å². The molecule has 0 aliphatic carbocycles. The molecule has 0 radical (unpaired) electrons. The standard InChI is InChI=1S/C25H25N9S/c1-3-23-27-8-9-34(23)19-6-4-18(5-7-19)14-21-29-22(31-25-28-17-20(16-26)35-25)15-24(30-21)33-12-10-32(2)11-13-33/h3-9,15,17H,1,10-14H2,2H3,(H,28,29,30,31). The predicted molar refractivity (Wildman–Crippen MR) is 138 cm³/mol. The van der Waals surface area contributed by atoms with E-state index in [9.17, 15) is 0 Å². The maximum atomic E-state index is 9.12. The van der Waals surface area contributed by atoms with Gasteiger partial charge in [-0.2, -0.15) is 5.26 Å². The quantitative estimate of drug-likeness (QED) is 0.425. The van der Waals surface area contributed by atoms with Gasteiger partial charge in [0.15, 0.2) is 5.13 Å². The topological polar surface area (TPSA) is 98.8 Å². The molecule has 3 aromatic heterocycles. The van der Waals surface area contributed by atoms with Gasteiger partial charge < -0.3 is 19.7 Å². The van der Waals surface area contributed by atoms with Crippen molar-refractivity contribution in [3.63, 3.8) is 0 Å². The average Bonchev–Trinajstić information content (AvgIpc) is 3.54. The second-order valence-corrected chi connectivity index (χ2v) is 9.32. The molecule has 5 rings (SSSR count). The molecule has 1 aliphatic rings. The van der Waals surface area contributed by atoms with E-state index >= 15 is 0 Å². The average molecular weight is 484 g/mol. The first-order valence-corrected chi connectivity index (χ1v) is 12.1. The van der Waals surface area contributed by atoms with E-state index in [1.165, 1.54) is 11.3 Å². The Morgan fingerprint density at radius 3 is 2.66 bits per heavy atom. The highest BCUT2D eigenvalue weighted by atomic mass is 32.1. The van der Waals surface area contributed by atoms with E-state index in [0.29, 0.717) is 22.2 Å². The van der Waals surface area contributed by atoms with Crippen LogP contribution in [-0.4, -0.2) is 62.6 Å². The molecule has 0 saturated carbocycles. The van der Waals surface area contributed by atoms with Crippen LogP contribution >= 0.6 is 11.3 Å². The van der Waals surface area contributed by atoms with Gasteiger partial charge in [-0.3, -0.25) is 0 Å². The molecule has 0 bridgehead atoms. The van der Waals surface area contributed by atoms with Gasteiger partial charge in [-0.1, -0.05) is 30.0 Å². The second-order valence-electron chi connectivity index (χ2n) is 8.29. The summed E-state index contributed by atoms with van der Waals surface area (Å²) >= 11 is 1.30. The Morgan fingerprint density at radius 1 is 1.14 bits per heavy atom. The summed E-state index contributed by atoms with van der Waals surface area (Å²) in [6.07, 6.45) is 7.58. The molecule has 176 valence electrons. The van der Waals surface area contributed by atoms with E-state index in [1.54, 1.807) is 18.5 Å². The highest BCUT2D eigenvalue weighted by molar-refractivity contribution is 7.16. The van der Waals surface area contributed by atoms with Gasteiger partial charge in [0.1, 0.15) is 34.2 Å². The van der Waals surface area contributed by atoms with Gasteiger partial charge in [-0.05, 0) is 30.8 Å². The van der Waals surface area contributed by atoms with Crippen molar-refractivity contribution >= 4 is 34.2 Å². The molecule has 0 atom stereocenters. The number of nitrogens with zero attached hydrogens (tertiary/aromatic N) is 8. The molecule has 1 N–H and O–H groups in total. The summed E-state index contributed by atoms with van der Waals surface area (Å²) in [4.78, 5) is 23.4. The van der Waals surface area contributed by atoms with Gasteiger partial charge in [0.25, 0.3) is 0 Å². The van der Waals surface area contributed by atoms with Gasteiger partial charge in [0.2, 0.25) is 0 Å². The summed E-state index contributed by atoms with van der Waals surface area (Å²) in [6.45, 7) is 7.62. The van der Waals surface area contributed by atoms with Gasteiger partial charge >= 0.3 is 0 Å². The van der Waals surface area contributed by atoms with Crippen molar-refractivity contribution in [1.29, 1.82) is 5.26 Å². The van der Waals surface area contributed by atoms with E-state index in [2.05, 4.69) is 69.0 Å². The minimum absolute atomic E-state index is 0.554. The number of hydrogen-bond donors (Lipinski definition) is 1. The Hall–Kier alpha value is -4.07. The van der Waals surface area contributed by atoms with Gasteiger partial charge in [0.05, 0.1) is 6.20 Å². The van der Waals surface area contributed by atoms with Crippen molar-refractivity contribution in [3.05, 3.63) is 77.6 Å². The molecule has 4 aromatic rings. The number of piperazine rings is 1. The first kappa shape index (κ1) is 22.7. The van der Waals surface area contributed by atoms with Crippen molar-refractivity contribution in [2.45, 2.75) is 6.42 Å². The smallest absolute Gasteiger partial charge is 0.189 e. The van der Waals surface area contributed by atoms with Crippen LogP contribution < -0.4 is 10.2 Å². The highest BCUT2D eigenvalue weighted by Gasteiger charge is 2.18. The summed E-state index contributed by atoms with van der Waals surface area (Å²) in [5, 5.41) is 13.0. The molecule has 1 aromatic carbocycles. The molecule has 1 saturated heterocycles. The van der Waals surface area contributed by atoms with Crippen molar-refractivity contribution in [2.75, 3.05) is 43.4 Å². The minimum atomic E-state index is 0.554. The Kier molecular flexibility index (Phi) is 6.52. The van der Waals surface area contributed by atoms with Crippen molar-refractivity contribution < 1.29 is 0 Å². The van der Waals surface area contributed by atoms with Crippen LogP contribution in [0.3, 0.4) is 0 Å². The molecule has 4 heterocycles. The lowest BCUT2D eigenvalue weighted by molar-refractivity contribution is 0.312. The molecule has 1 fully saturated rings. The number of imidazole rings is 1. The number of aromatic nitrogens is 5. The lowest BCUT2D eigenvalue weighted by Gasteiger charge is -2.33. The van der Waals surface area contributed by atoms with E-state index in [-0.39, 0.29) is 0 Å². The lowest BCUT2D eigenvalue weighted by Crippen LogP contribution is -2.44. The molecular formula is C25H25N9S. The fraction of sp³-hybridized carbons (Fsp3) is 0.240. The number of nitrogens with one attached hydrogen (secondary N) is 1. The Morgan fingerprint density at radius 2 is 1.94 bits per heavy atom. The Balaban J connectivity index is 1.41. The van der Waals surface area contributed by atoms with Crippen LogP contribution in [0, 0.1) is 11.3 Å². The minimum Gasteiger partial charge on any atom is -0.354 e. The number of nitriles is 1. The third-order valence-corrected chi connectivity index (χ3v) is 6.68. The zero-order chi connectivity index (χ0) is 24.2. The fourth-order valence-electron chi connectivity index (χ4n) is 3.96. The van der Waals surface area contributed by atoms with Crippen LogP contribution in [0.15, 0.2) is 55.5 Å². The Bertz CT molecular complexity index is 1360. The van der Waals surface area contributed by atoms with E-state index in [1.807, 2.05) is 16.8 Å². The second kappa shape index (κ2) is 10.0. The largest absolute Gasteiger partial charge is 0.354 e. The number of likely N-dealkylation sites (N-methyl/N-ethyl adjacent to an activating group) is 1. The van der Waals surface area contributed by atoms with Crippen LogP contribution in [0.2, 0.25) is 0 Å². The number of rotatable bonds is 7. The van der Waals surface area contributed by atoms with Crippen LogP contribution in [0.25, 0.3) is 11.8 Å². The van der Waals surface area contributed by atoms with Crippen LogP contribution in [0.1, 0.15) is 22.1 Å². The van der Waals surface area contributed by atoms with E-state index < -0.39 is 0 Å². The zero-order valence-corrected chi connectivity index (χ0v) is 20.2. The third-order valence-electron chi connectivity index (χ3n) is 5.87. The van der Waals surface area contributed by atoms with E-state index in [0.717, 1.165) is 54.9 Å². The summed E-state index contributed by atoms with van der Waals surface area (Å²) in [6, 6.07) is 12.4. The molecule has 35 heavy (non-hydrogen) atoms. The summed E-state index contributed by atoms with van der Waals surface area (Å²) in [5.74, 6) is 3.10. The maximum absolute atomic E-state index is 9.12. The first-order chi connectivity index (χ1) is 17.1.